The predicted octanol–water partition coefficient (Wildman–Crippen LogP) is 0.457. The van der Waals surface area contributed by atoms with E-state index < -0.39 is 0 Å². The van der Waals surface area contributed by atoms with Gasteiger partial charge in [0, 0.05) is 51.3 Å². The van der Waals surface area contributed by atoms with Gasteiger partial charge in [-0.25, -0.2) is 4.68 Å². The summed E-state index contributed by atoms with van der Waals surface area (Å²) in [6, 6.07) is 1.69. The van der Waals surface area contributed by atoms with E-state index in [2.05, 4.69) is 10.00 Å². The molecule has 4 heterocycles. The maximum absolute atomic E-state index is 12.7. The molecule has 0 aliphatic carbocycles. The maximum atomic E-state index is 12.7. The first-order valence-electron chi connectivity index (χ1n) is 10.0. The van der Waals surface area contributed by atoms with Gasteiger partial charge in [-0.15, -0.1) is 0 Å². The number of rotatable bonds is 4. The van der Waals surface area contributed by atoms with E-state index in [4.69, 9.17) is 0 Å². The molecule has 0 saturated carbocycles. The van der Waals surface area contributed by atoms with Crippen LogP contribution in [-0.4, -0.2) is 70.2 Å². The second-order valence-electron chi connectivity index (χ2n) is 7.73. The van der Waals surface area contributed by atoms with Crippen LogP contribution >= 0.6 is 0 Å². The van der Waals surface area contributed by atoms with Crippen molar-refractivity contribution in [2.45, 2.75) is 51.1 Å². The van der Waals surface area contributed by atoms with Crippen molar-refractivity contribution in [1.82, 2.24) is 19.6 Å². The molecule has 0 bridgehead atoms. The lowest BCUT2D eigenvalue weighted by Gasteiger charge is -2.37. The number of aromatic nitrogens is 2. The molecule has 4 rings (SSSR count). The summed E-state index contributed by atoms with van der Waals surface area (Å²) in [4.78, 5) is 42.9. The molecule has 0 radical (unpaired) electrons. The highest BCUT2D eigenvalue weighted by Crippen LogP contribution is 2.22. The number of hydrogen-bond acceptors (Lipinski definition) is 5. The quantitative estimate of drug-likeness (QED) is 0.766. The van der Waals surface area contributed by atoms with Crippen molar-refractivity contribution in [3.8, 4) is 0 Å². The SMILES string of the molecule is O=C(Cn1ncc(N2CCCC2)cc1=O)N1CCC[C@H](N2CCCC2=O)C1. The number of hydrogen-bond donors (Lipinski definition) is 0. The van der Waals surface area contributed by atoms with Crippen molar-refractivity contribution in [3.05, 3.63) is 22.6 Å². The molecule has 0 N–H and O–H groups in total. The molecule has 1 aromatic rings. The molecule has 3 aliphatic rings. The predicted molar refractivity (Wildman–Crippen MR) is 100 cm³/mol. The van der Waals surface area contributed by atoms with E-state index in [0.717, 1.165) is 57.4 Å². The summed E-state index contributed by atoms with van der Waals surface area (Å²) in [7, 11) is 0. The van der Waals surface area contributed by atoms with E-state index in [-0.39, 0.29) is 30.0 Å². The summed E-state index contributed by atoms with van der Waals surface area (Å²) in [5.41, 5.74) is 0.600. The first kappa shape index (κ1) is 18.0. The lowest BCUT2D eigenvalue weighted by Crippen LogP contribution is -2.51. The average Bonchev–Trinajstić information content (AvgIpc) is 3.35. The number of piperidine rings is 1. The molecule has 8 nitrogen and oxygen atoms in total. The Morgan fingerprint density at radius 1 is 1.07 bits per heavy atom. The van der Waals surface area contributed by atoms with Gasteiger partial charge in [0.25, 0.3) is 5.56 Å². The van der Waals surface area contributed by atoms with Crippen molar-refractivity contribution < 1.29 is 9.59 Å². The summed E-state index contributed by atoms with van der Waals surface area (Å²) in [6.07, 6.45) is 7.31. The van der Waals surface area contributed by atoms with E-state index in [0.29, 0.717) is 19.5 Å². The highest BCUT2D eigenvalue weighted by Gasteiger charge is 2.32. The molecule has 2 amide bonds. The third-order valence-corrected chi connectivity index (χ3v) is 5.91. The van der Waals surface area contributed by atoms with Crippen molar-refractivity contribution in [2.24, 2.45) is 0 Å². The van der Waals surface area contributed by atoms with Gasteiger partial charge < -0.3 is 14.7 Å². The van der Waals surface area contributed by atoms with Crippen LogP contribution in [0, 0.1) is 0 Å². The third-order valence-electron chi connectivity index (χ3n) is 5.91. The Balaban J connectivity index is 1.39. The van der Waals surface area contributed by atoms with E-state index in [1.54, 1.807) is 17.2 Å². The van der Waals surface area contributed by atoms with E-state index >= 15 is 0 Å². The van der Waals surface area contributed by atoms with Gasteiger partial charge in [0.05, 0.1) is 11.9 Å². The fourth-order valence-corrected chi connectivity index (χ4v) is 4.41. The van der Waals surface area contributed by atoms with Gasteiger partial charge in [-0.05, 0) is 32.1 Å². The first-order chi connectivity index (χ1) is 13.1. The molecule has 3 fully saturated rings. The summed E-state index contributed by atoms with van der Waals surface area (Å²) >= 11 is 0. The van der Waals surface area contributed by atoms with Crippen LogP contribution in [0.25, 0.3) is 0 Å². The number of carbonyl (C=O) groups is 2. The lowest BCUT2D eigenvalue weighted by molar-refractivity contribution is -0.138. The van der Waals surface area contributed by atoms with Crippen molar-refractivity contribution in [3.63, 3.8) is 0 Å². The molecule has 27 heavy (non-hydrogen) atoms. The zero-order chi connectivity index (χ0) is 18.8. The fraction of sp³-hybridized carbons (Fsp3) is 0.684. The number of anilines is 1. The van der Waals surface area contributed by atoms with Gasteiger partial charge >= 0.3 is 0 Å². The van der Waals surface area contributed by atoms with Gasteiger partial charge in [-0.2, -0.15) is 5.10 Å². The third kappa shape index (κ3) is 3.84. The Bertz CT molecular complexity index is 771. The van der Waals surface area contributed by atoms with Crippen LogP contribution in [0.5, 0.6) is 0 Å². The minimum atomic E-state index is -0.240. The monoisotopic (exact) mass is 373 g/mol. The standard InChI is InChI=1S/C19H27N5O3/c25-17-6-4-10-23(17)15-5-3-9-22(13-15)19(27)14-24-18(26)11-16(12-20-24)21-7-1-2-8-21/h11-12,15H,1-10,13-14H2/t15-/m0/s1. The molecular weight excluding hydrogens is 346 g/mol. The van der Waals surface area contributed by atoms with Crippen LogP contribution in [0.15, 0.2) is 17.1 Å². The Morgan fingerprint density at radius 3 is 2.59 bits per heavy atom. The Morgan fingerprint density at radius 2 is 1.89 bits per heavy atom. The van der Waals surface area contributed by atoms with Gasteiger partial charge in [0.1, 0.15) is 6.54 Å². The topological polar surface area (TPSA) is 78.8 Å². The summed E-state index contributed by atoms with van der Waals surface area (Å²) in [6.45, 7) is 3.90. The molecule has 1 aromatic heterocycles. The van der Waals surface area contributed by atoms with Gasteiger partial charge in [0.15, 0.2) is 0 Å². The number of carbonyl (C=O) groups excluding carboxylic acids is 2. The summed E-state index contributed by atoms with van der Waals surface area (Å²) in [5.74, 6) is 0.0968. The number of amides is 2. The zero-order valence-corrected chi connectivity index (χ0v) is 15.7. The minimum Gasteiger partial charge on any atom is -0.370 e. The van der Waals surface area contributed by atoms with Gasteiger partial charge in [-0.1, -0.05) is 0 Å². The molecule has 0 aromatic carbocycles. The van der Waals surface area contributed by atoms with Crippen molar-refractivity contribution >= 4 is 17.5 Å². The van der Waals surface area contributed by atoms with Gasteiger partial charge in [-0.3, -0.25) is 14.4 Å². The molecule has 146 valence electrons. The smallest absolute Gasteiger partial charge is 0.269 e. The second-order valence-corrected chi connectivity index (χ2v) is 7.73. The van der Waals surface area contributed by atoms with Crippen molar-refractivity contribution in [2.75, 3.05) is 37.6 Å². The Kier molecular flexibility index (Phi) is 5.13. The molecule has 0 unspecified atom stereocenters. The van der Waals surface area contributed by atoms with Crippen molar-refractivity contribution in [1.29, 1.82) is 0 Å². The molecule has 3 aliphatic heterocycles. The second kappa shape index (κ2) is 7.70. The largest absolute Gasteiger partial charge is 0.370 e. The fourth-order valence-electron chi connectivity index (χ4n) is 4.41. The molecule has 1 atom stereocenters. The van der Waals surface area contributed by atoms with Crippen LogP contribution < -0.4 is 10.5 Å². The van der Waals surface area contributed by atoms with Crippen LogP contribution in [0.3, 0.4) is 0 Å². The maximum Gasteiger partial charge on any atom is 0.269 e. The van der Waals surface area contributed by atoms with E-state index in [1.165, 1.54) is 4.68 Å². The van der Waals surface area contributed by atoms with Crippen LogP contribution in [0.1, 0.15) is 38.5 Å². The molecule has 3 saturated heterocycles. The Labute approximate surface area is 158 Å². The molecular formula is C19H27N5O3. The van der Waals surface area contributed by atoms with Crippen LogP contribution in [0.4, 0.5) is 5.69 Å². The zero-order valence-electron chi connectivity index (χ0n) is 15.7. The number of likely N-dealkylation sites (tertiary alicyclic amines) is 2. The van der Waals surface area contributed by atoms with Gasteiger partial charge in [0.2, 0.25) is 11.8 Å². The first-order valence-corrected chi connectivity index (χ1v) is 10.0. The number of nitrogens with zero attached hydrogens (tertiary/aromatic N) is 5. The average molecular weight is 373 g/mol. The summed E-state index contributed by atoms with van der Waals surface area (Å²) < 4.78 is 1.24. The summed E-state index contributed by atoms with van der Waals surface area (Å²) in [5, 5.41) is 4.22. The van der Waals surface area contributed by atoms with E-state index in [1.807, 2.05) is 4.90 Å². The molecule has 0 spiro atoms. The Hall–Kier alpha value is -2.38. The normalized spacial score (nSPS) is 23.3. The van der Waals surface area contributed by atoms with Crippen LogP contribution in [0.2, 0.25) is 0 Å². The minimum absolute atomic E-state index is 0.0419. The lowest BCUT2D eigenvalue weighted by atomic mass is 10.0. The van der Waals surface area contributed by atoms with E-state index in [9.17, 15) is 14.4 Å². The highest BCUT2D eigenvalue weighted by atomic mass is 16.2. The molecule has 8 heteroatoms. The van der Waals surface area contributed by atoms with Crippen LogP contribution in [-0.2, 0) is 16.1 Å². The highest BCUT2D eigenvalue weighted by molar-refractivity contribution is 5.79.